The summed E-state index contributed by atoms with van der Waals surface area (Å²) < 4.78 is 39.8. The zero-order valence-electron chi connectivity index (χ0n) is 21.5. The number of nitrogens with zero attached hydrogens (tertiary/aromatic N) is 1. The largest absolute Gasteiger partial charge is 0.497 e. The third kappa shape index (κ3) is 4.91. The third-order valence-electron chi connectivity index (χ3n) is 6.63. The van der Waals surface area contributed by atoms with E-state index in [2.05, 4.69) is 24.4 Å². The van der Waals surface area contributed by atoms with Gasteiger partial charge in [0.15, 0.2) is 6.10 Å². The number of sulfonamides is 1. The van der Waals surface area contributed by atoms with Crippen LogP contribution in [0.4, 0.5) is 5.69 Å². The van der Waals surface area contributed by atoms with Crippen molar-refractivity contribution >= 4 is 21.6 Å². The number of rotatable bonds is 6. The molecule has 0 aromatic heterocycles. The second-order valence-electron chi connectivity index (χ2n) is 9.31. The number of carbonyl (C=O) groups is 1. The maximum Gasteiger partial charge on any atom is 0.264 e. The van der Waals surface area contributed by atoms with Crippen LogP contribution in [0, 0.1) is 27.7 Å². The summed E-state index contributed by atoms with van der Waals surface area (Å²) in [5.74, 6) is 0.528. The highest BCUT2D eigenvalue weighted by atomic mass is 32.2. The first kappa shape index (κ1) is 25.6. The van der Waals surface area contributed by atoms with Gasteiger partial charge in [-0.25, -0.2) is 8.42 Å². The quantitative estimate of drug-likeness (QED) is 0.519. The van der Waals surface area contributed by atoms with Gasteiger partial charge in [0.1, 0.15) is 11.5 Å². The summed E-state index contributed by atoms with van der Waals surface area (Å²) in [5.41, 5.74) is 5.73. The fraction of sp³-hybridized carbons (Fsp3) is 0.321. The smallest absolute Gasteiger partial charge is 0.264 e. The van der Waals surface area contributed by atoms with Crippen LogP contribution in [-0.2, 0) is 14.8 Å². The minimum Gasteiger partial charge on any atom is -0.497 e. The molecule has 2 atom stereocenters. The second-order valence-corrected chi connectivity index (χ2v) is 11.2. The number of fused-ring (bicyclic) bond motifs is 1. The monoisotopic (exact) mass is 508 g/mol. The zero-order chi connectivity index (χ0) is 26.2. The predicted molar refractivity (Wildman–Crippen MR) is 140 cm³/mol. The lowest BCUT2D eigenvalue weighted by molar-refractivity contribution is -0.128. The fourth-order valence-electron chi connectivity index (χ4n) is 4.43. The van der Waals surface area contributed by atoms with E-state index in [0.29, 0.717) is 17.2 Å². The van der Waals surface area contributed by atoms with E-state index < -0.39 is 16.1 Å². The predicted octanol–water partition coefficient (Wildman–Crippen LogP) is 4.76. The van der Waals surface area contributed by atoms with Crippen molar-refractivity contribution < 1.29 is 22.7 Å². The van der Waals surface area contributed by atoms with Crippen LogP contribution in [0.1, 0.15) is 40.8 Å². The molecule has 0 aliphatic carbocycles. The van der Waals surface area contributed by atoms with Gasteiger partial charge in [0, 0.05) is 0 Å². The molecule has 0 bridgehead atoms. The van der Waals surface area contributed by atoms with Gasteiger partial charge < -0.3 is 14.8 Å². The lowest BCUT2D eigenvalue weighted by atomic mass is 9.96. The van der Waals surface area contributed by atoms with Crippen molar-refractivity contribution in [2.24, 2.45) is 0 Å². The van der Waals surface area contributed by atoms with E-state index in [-0.39, 0.29) is 23.4 Å². The lowest BCUT2D eigenvalue weighted by Crippen LogP contribution is -2.51. The van der Waals surface area contributed by atoms with E-state index in [0.717, 1.165) is 22.3 Å². The van der Waals surface area contributed by atoms with E-state index in [1.165, 1.54) is 29.1 Å². The number of ether oxygens (including phenoxy) is 2. The number of nitrogens with one attached hydrogen (secondary N) is 1. The first-order chi connectivity index (χ1) is 17.0. The van der Waals surface area contributed by atoms with Crippen molar-refractivity contribution in [3.63, 3.8) is 0 Å². The maximum absolute atomic E-state index is 13.7. The third-order valence-corrected chi connectivity index (χ3v) is 8.43. The van der Waals surface area contributed by atoms with Crippen LogP contribution in [-0.4, -0.2) is 34.1 Å². The summed E-state index contributed by atoms with van der Waals surface area (Å²) >= 11 is 0. The van der Waals surface area contributed by atoms with Gasteiger partial charge in [0.25, 0.3) is 15.9 Å². The summed E-state index contributed by atoms with van der Waals surface area (Å²) in [4.78, 5) is 13.4. The van der Waals surface area contributed by atoms with E-state index in [1.54, 1.807) is 24.3 Å². The minimum atomic E-state index is -3.96. The standard InChI is InChI=1S/C28H32N2O5S/c1-17-7-12-26-25(13-17)30(36(32,33)23-10-8-22(34-6)9-11-23)16-27(35-26)28(31)29-21(5)24-15-19(3)18(2)14-20(24)4/h7-15,21,27H,16H2,1-6H3,(H,29,31)/t21-,27-/m1/s1. The fourth-order valence-corrected chi connectivity index (χ4v) is 5.90. The average Bonchev–Trinajstić information content (AvgIpc) is 2.85. The molecule has 3 aromatic rings. The maximum atomic E-state index is 13.7. The molecule has 1 amide bonds. The molecule has 1 N–H and O–H groups in total. The molecule has 3 aromatic carbocycles. The van der Waals surface area contributed by atoms with Gasteiger partial charge in [-0.05, 0) is 98.8 Å². The van der Waals surface area contributed by atoms with Crippen LogP contribution in [0.3, 0.4) is 0 Å². The highest BCUT2D eigenvalue weighted by Crippen LogP contribution is 2.38. The first-order valence-corrected chi connectivity index (χ1v) is 13.3. The molecule has 0 radical (unpaired) electrons. The molecule has 4 rings (SSSR count). The molecule has 0 spiro atoms. The number of amides is 1. The molecule has 1 aliphatic rings. The summed E-state index contributed by atoms with van der Waals surface area (Å²) in [6, 6.07) is 15.4. The zero-order valence-corrected chi connectivity index (χ0v) is 22.3. The SMILES string of the molecule is COc1ccc(S(=O)(=O)N2C[C@H](C(=O)N[C@H](C)c3cc(C)c(C)cc3C)Oc3ccc(C)cc32)cc1. The van der Waals surface area contributed by atoms with Crippen molar-refractivity contribution in [1.29, 1.82) is 0 Å². The second kappa shape index (κ2) is 9.85. The van der Waals surface area contributed by atoms with Gasteiger partial charge >= 0.3 is 0 Å². The van der Waals surface area contributed by atoms with E-state index in [4.69, 9.17) is 9.47 Å². The Bertz CT molecular complexity index is 1400. The minimum absolute atomic E-state index is 0.107. The van der Waals surface area contributed by atoms with Crippen molar-refractivity contribution in [1.82, 2.24) is 5.32 Å². The molecule has 0 unspecified atom stereocenters. The molecule has 0 fully saturated rings. The van der Waals surface area contributed by atoms with Gasteiger partial charge in [0.05, 0.1) is 30.3 Å². The van der Waals surface area contributed by atoms with Crippen molar-refractivity contribution in [3.8, 4) is 11.5 Å². The van der Waals surface area contributed by atoms with E-state index >= 15 is 0 Å². The molecule has 0 saturated heterocycles. The first-order valence-electron chi connectivity index (χ1n) is 11.8. The van der Waals surface area contributed by atoms with Gasteiger partial charge in [-0.2, -0.15) is 0 Å². The summed E-state index contributed by atoms with van der Waals surface area (Å²) in [6.45, 7) is 9.77. The normalized spacial score (nSPS) is 16.1. The summed E-state index contributed by atoms with van der Waals surface area (Å²) in [7, 11) is -2.44. The number of anilines is 1. The molecule has 0 saturated carbocycles. The van der Waals surface area contributed by atoms with Gasteiger partial charge in [-0.3, -0.25) is 9.10 Å². The van der Waals surface area contributed by atoms with Crippen LogP contribution >= 0.6 is 0 Å². The lowest BCUT2D eigenvalue weighted by Gasteiger charge is -2.35. The number of methoxy groups -OCH3 is 1. The van der Waals surface area contributed by atoms with Crippen molar-refractivity contribution in [3.05, 3.63) is 82.4 Å². The molecule has 190 valence electrons. The Hall–Kier alpha value is -3.52. The van der Waals surface area contributed by atoms with E-state index in [9.17, 15) is 13.2 Å². The Morgan fingerprint density at radius 1 is 1.00 bits per heavy atom. The van der Waals surface area contributed by atoms with E-state index in [1.807, 2.05) is 33.8 Å². The number of hydrogen-bond acceptors (Lipinski definition) is 5. The summed E-state index contributed by atoms with van der Waals surface area (Å²) in [6.07, 6.45) is -1.01. The Kier molecular flexibility index (Phi) is 7.00. The molecular formula is C28H32N2O5S. The number of hydrogen-bond donors (Lipinski definition) is 1. The number of benzene rings is 3. The Morgan fingerprint density at radius 2 is 1.67 bits per heavy atom. The molecule has 36 heavy (non-hydrogen) atoms. The number of carbonyl (C=O) groups excluding carboxylic acids is 1. The summed E-state index contributed by atoms with van der Waals surface area (Å²) in [5, 5.41) is 3.02. The van der Waals surface area contributed by atoms with Gasteiger partial charge in [0.2, 0.25) is 0 Å². The Labute approximate surface area is 213 Å². The van der Waals surface area contributed by atoms with Crippen LogP contribution in [0.15, 0.2) is 59.5 Å². The molecule has 1 heterocycles. The van der Waals surface area contributed by atoms with Gasteiger partial charge in [-0.1, -0.05) is 18.2 Å². The van der Waals surface area contributed by atoms with Gasteiger partial charge in [-0.15, -0.1) is 0 Å². The van der Waals surface area contributed by atoms with Crippen LogP contribution in [0.5, 0.6) is 11.5 Å². The number of aryl methyl sites for hydroxylation is 4. The van der Waals surface area contributed by atoms with Crippen molar-refractivity contribution in [2.75, 3.05) is 18.0 Å². The molecule has 7 nitrogen and oxygen atoms in total. The highest BCUT2D eigenvalue weighted by Gasteiger charge is 2.38. The molecular weight excluding hydrogens is 476 g/mol. The average molecular weight is 509 g/mol. The van der Waals surface area contributed by atoms with Crippen molar-refractivity contribution in [2.45, 2.75) is 51.7 Å². The Balaban J connectivity index is 1.64. The molecule has 8 heteroatoms. The van der Waals surface area contributed by atoms with Crippen LogP contribution in [0.2, 0.25) is 0 Å². The topological polar surface area (TPSA) is 84.9 Å². The van der Waals surface area contributed by atoms with Crippen LogP contribution < -0.4 is 19.1 Å². The Morgan fingerprint density at radius 3 is 2.33 bits per heavy atom. The van der Waals surface area contributed by atoms with Crippen LogP contribution in [0.25, 0.3) is 0 Å². The highest BCUT2D eigenvalue weighted by molar-refractivity contribution is 7.92. The molecule has 1 aliphatic heterocycles.